The van der Waals surface area contributed by atoms with Gasteiger partial charge in [-0.05, 0) is 55.4 Å². The van der Waals surface area contributed by atoms with Crippen molar-refractivity contribution in [3.8, 4) is 28.8 Å². The van der Waals surface area contributed by atoms with E-state index >= 15 is 0 Å². The topological polar surface area (TPSA) is 130 Å². The Bertz CT molecular complexity index is 1500. The Hall–Kier alpha value is -4.01. The number of nitrogens with two attached hydrogens (primary N) is 1. The van der Waals surface area contributed by atoms with E-state index in [0.717, 1.165) is 67.3 Å². The van der Waals surface area contributed by atoms with E-state index in [0.29, 0.717) is 47.5 Å². The Morgan fingerprint density at radius 2 is 1.93 bits per heavy atom. The predicted molar refractivity (Wildman–Crippen MR) is 167 cm³/mol. The second kappa shape index (κ2) is 13.1. The first-order valence-corrected chi connectivity index (χ1v) is 16.3. The van der Waals surface area contributed by atoms with Crippen LogP contribution in [0.1, 0.15) is 36.9 Å². The number of piperazine rings is 1. The SMILES string of the molecule is COc1ccc(CN2C3CC2CN(c2ccc(-c4cc(OCCC5CCS(=O)CC5)cnc4C(C#N)=CN)cn2)C3)cn1. The summed E-state index contributed by atoms with van der Waals surface area (Å²) in [5.41, 5.74) is 9.36. The van der Waals surface area contributed by atoms with Crippen molar-refractivity contribution in [2.45, 2.75) is 44.3 Å². The van der Waals surface area contributed by atoms with Crippen LogP contribution in [-0.4, -0.2) is 74.5 Å². The van der Waals surface area contributed by atoms with Crippen molar-refractivity contribution >= 4 is 22.2 Å². The van der Waals surface area contributed by atoms with E-state index in [1.54, 1.807) is 13.3 Å². The van der Waals surface area contributed by atoms with Gasteiger partial charge in [-0.25, -0.2) is 9.97 Å². The molecule has 0 saturated carbocycles. The van der Waals surface area contributed by atoms with Crippen molar-refractivity contribution in [2.24, 2.45) is 11.7 Å². The van der Waals surface area contributed by atoms with Crippen LogP contribution in [0.25, 0.3) is 16.7 Å². The summed E-state index contributed by atoms with van der Waals surface area (Å²) in [7, 11) is 0.971. The van der Waals surface area contributed by atoms with E-state index < -0.39 is 10.8 Å². The summed E-state index contributed by atoms with van der Waals surface area (Å²) in [6.07, 6.45) is 10.8. The van der Waals surface area contributed by atoms with Crippen molar-refractivity contribution in [2.75, 3.05) is 43.2 Å². The predicted octanol–water partition coefficient (Wildman–Crippen LogP) is 3.76. The Balaban J connectivity index is 1.12. The Morgan fingerprint density at radius 1 is 1.12 bits per heavy atom. The van der Waals surface area contributed by atoms with E-state index in [-0.39, 0.29) is 0 Å². The lowest BCUT2D eigenvalue weighted by Crippen LogP contribution is -2.68. The largest absolute Gasteiger partial charge is 0.492 e. The third kappa shape index (κ3) is 6.50. The third-order valence-electron chi connectivity index (χ3n) is 8.81. The average molecular weight is 600 g/mol. The maximum Gasteiger partial charge on any atom is 0.212 e. The number of fused-ring (bicyclic) bond motifs is 2. The van der Waals surface area contributed by atoms with Crippen LogP contribution in [0.3, 0.4) is 0 Å². The van der Waals surface area contributed by atoms with E-state index in [4.69, 9.17) is 20.2 Å². The molecule has 43 heavy (non-hydrogen) atoms. The van der Waals surface area contributed by atoms with Crippen molar-refractivity contribution in [1.29, 1.82) is 5.26 Å². The number of pyridine rings is 3. The average Bonchev–Trinajstić information content (AvgIpc) is 3.06. The van der Waals surface area contributed by atoms with Crippen molar-refractivity contribution in [3.63, 3.8) is 0 Å². The molecule has 3 aromatic heterocycles. The standard InChI is InChI=1S/C32H37N7O3S/c1-41-31-5-2-23(16-36-31)19-39-26-12-27(39)21-38(20-26)30-4-3-24(17-35-30)29-13-28(18-37-32(29)25(14-33)15-34)42-9-6-22-7-10-43(40)11-8-22/h2-5,13-14,16-18,22,26-27H,6-12,19-21,33H2,1H3. The monoisotopic (exact) mass is 599 g/mol. The number of aromatic nitrogens is 3. The number of anilines is 1. The zero-order valence-electron chi connectivity index (χ0n) is 24.4. The number of hydrogen-bond donors (Lipinski definition) is 1. The summed E-state index contributed by atoms with van der Waals surface area (Å²) < 4.78 is 22.9. The first-order valence-electron chi connectivity index (χ1n) is 14.8. The van der Waals surface area contributed by atoms with Gasteiger partial charge in [-0.3, -0.25) is 14.1 Å². The molecule has 2 bridgehead atoms. The summed E-state index contributed by atoms with van der Waals surface area (Å²) in [6.45, 7) is 3.30. The fourth-order valence-corrected chi connectivity index (χ4v) is 7.70. The molecular weight excluding hydrogens is 562 g/mol. The molecule has 0 radical (unpaired) electrons. The van der Waals surface area contributed by atoms with Crippen molar-refractivity contribution in [1.82, 2.24) is 19.9 Å². The molecule has 4 fully saturated rings. The van der Waals surface area contributed by atoms with Gasteiger partial charge < -0.3 is 20.1 Å². The second-order valence-electron chi connectivity index (χ2n) is 11.4. The van der Waals surface area contributed by atoms with E-state index in [2.05, 4.69) is 31.9 Å². The van der Waals surface area contributed by atoms with E-state index in [9.17, 15) is 9.47 Å². The van der Waals surface area contributed by atoms with Crippen LogP contribution in [0.5, 0.6) is 11.6 Å². The highest BCUT2D eigenvalue weighted by atomic mass is 32.2. The smallest absolute Gasteiger partial charge is 0.212 e. The third-order valence-corrected chi connectivity index (χ3v) is 10.2. The maximum atomic E-state index is 11.7. The fraction of sp³-hybridized carbons (Fsp3) is 0.438. The number of piperidine rings is 1. The molecule has 0 spiro atoms. The number of allylic oxidation sites excluding steroid dienone is 1. The number of methoxy groups -OCH3 is 1. The molecule has 4 aliphatic heterocycles. The molecule has 2 N–H and O–H groups in total. The van der Waals surface area contributed by atoms with Crippen LogP contribution in [0, 0.1) is 17.2 Å². The summed E-state index contributed by atoms with van der Waals surface area (Å²) in [4.78, 5) is 18.6. The molecule has 0 aliphatic carbocycles. The second-order valence-corrected chi connectivity index (χ2v) is 13.1. The fourth-order valence-electron chi connectivity index (χ4n) is 6.30. The molecule has 10 nitrogen and oxygen atoms in total. The van der Waals surface area contributed by atoms with Crippen molar-refractivity contribution < 1.29 is 13.7 Å². The van der Waals surface area contributed by atoms with Crippen LogP contribution in [0.4, 0.5) is 5.82 Å². The molecule has 7 rings (SSSR count). The Kier molecular flexibility index (Phi) is 8.86. The maximum absolute atomic E-state index is 11.7. The van der Waals surface area contributed by atoms with Gasteiger partial charge in [-0.15, -0.1) is 0 Å². The van der Waals surface area contributed by atoms with Gasteiger partial charge in [0.2, 0.25) is 5.88 Å². The van der Waals surface area contributed by atoms with Gasteiger partial charge in [0.25, 0.3) is 0 Å². The van der Waals surface area contributed by atoms with Gasteiger partial charge >= 0.3 is 0 Å². The highest BCUT2D eigenvalue weighted by Crippen LogP contribution is 2.36. The van der Waals surface area contributed by atoms with Gasteiger partial charge in [0.05, 0.1) is 31.2 Å². The molecule has 2 unspecified atom stereocenters. The van der Waals surface area contributed by atoms with Gasteiger partial charge in [-0.2, -0.15) is 5.26 Å². The van der Waals surface area contributed by atoms with Gasteiger partial charge in [0.15, 0.2) is 0 Å². The van der Waals surface area contributed by atoms with Gasteiger partial charge in [-0.1, -0.05) is 6.07 Å². The van der Waals surface area contributed by atoms with E-state index in [1.165, 1.54) is 18.2 Å². The lowest BCUT2D eigenvalue weighted by atomic mass is 9.87. The minimum atomic E-state index is -0.659. The summed E-state index contributed by atoms with van der Waals surface area (Å²) in [6, 6.07) is 13.1. The molecule has 224 valence electrons. The minimum absolute atomic E-state index is 0.295. The Labute approximate surface area is 255 Å². The number of hydrogen-bond acceptors (Lipinski definition) is 10. The number of nitrogens with zero attached hydrogens (tertiary/aromatic N) is 6. The molecule has 0 aromatic carbocycles. The van der Waals surface area contributed by atoms with Crippen LogP contribution >= 0.6 is 0 Å². The molecule has 7 heterocycles. The van der Waals surface area contributed by atoms with Gasteiger partial charge in [0.1, 0.15) is 17.6 Å². The molecule has 0 amide bonds. The molecule has 2 atom stereocenters. The van der Waals surface area contributed by atoms with Crippen molar-refractivity contribution in [3.05, 3.63) is 66.4 Å². The summed E-state index contributed by atoms with van der Waals surface area (Å²) in [5.74, 6) is 4.32. The van der Waals surface area contributed by atoms with Crippen LogP contribution in [-0.2, 0) is 17.3 Å². The highest BCUT2D eigenvalue weighted by molar-refractivity contribution is 7.85. The molecule has 4 saturated heterocycles. The molecule has 4 aliphatic rings. The number of ether oxygens (including phenoxy) is 2. The first-order chi connectivity index (χ1) is 21.0. The lowest BCUT2D eigenvalue weighted by molar-refractivity contribution is -0.00876. The van der Waals surface area contributed by atoms with Crippen LogP contribution in [0.2, 0.25) is 0 Å². The highest BCUT2D eigenvalue weighted by Gasteiger charge is 2.44. The molecular formula is C32H37N7O3S. The van der Waals surface area contributed by atoms with Gasteiger partial charge in [0, 0.05) is 89.8 Å². The first kappa shape index (κ1) is 29.1. The molecule has 11 heteroatoms. The lowest BCUT2D eigenvalue weighted by Gasteiger charge is -2.56. The number of nitriles is 1. The zero-order chi connectivity index (χ0) is 29.8. The quantitative estimate of drug-likeness (QED) is 0.344. The molecule has 3 aromatic rings. The normalized spacial score (nSPS) is 23.7. The van der Waals surface area contributed by atoms with Crippen LogP contribution in [0.15, 0.2) is 55.1 Å². The van der Waals surface area contributed by atoms with Crippen LogP contribution < -0.4 is 20.1 Å². The van der Waals surface area contributed by atoms with E-state index in [1.807, 2.05) is 36.7 Å². The zero-order valence-corrected chi connectivity index (χ0v) is 25.2. The minimum Gasteiger partial charge on any atom is -0.492 e. The summed E-state index contributed by atoms with van der Waals surface area (Å²) >= 11 is 0. The Morgan fingerprint density at radius 3 is 2.58 bits per heavy atom. The number of rotatable bonds is 10. The summed E-state index contributed by atoms with van der Waals surface area (Å²) in [5, 5.41) is 9.68.